The lowest BCUT2D eigenvalue weighted by Crippen LogP contribution is -2.41. The minimum atomic E-state index is -0.882. The highest BCUT2D eigenvalue weighted by Gasteiger charge is 2.27. The Morgan fingerprint density at radius 2 is 2.13 bits per heavy atom. The normalized spacial score (nSPS) is 13.7. The maximum absolute atomic E-state index is 13.1. The molecule has 0 aromatic heterocycles. The van der Waals surface area contributed by atoms with Crippen molar-refractivity contribution in [2.45, 2.75) is 32.2 Å². The van der Waals surface area contributed by atoms with Gasteiger partial charge in [-0.1, -0.05) is 17.7 Å². The summed E-state index contributed by atoms with van der Waals surface area (Å²) in [4.78, 5) is 24.4. The molecule has 1 aromatic rings. The van der Waals surface area contributed by atoms with Crippen LogP contribution in [0.2, 0.25) is 5.02 Å². The second-order valence-electron chi connectivity index (χ2n) is 5.79. The molecule has 1 aliphatic rings. The van der Waals surface area contributed by atoms with Gasteiger partial charge in [0.25, 0.3) is 0 Å². The lowest BCUT2D eigenvalue weighted by molar-refractivity contribution is -0.137. The van der Waals surface area contributed by atoms with Gasteiger partial charge >= 0.3 is 12.0 Å². The second-order valence-corrected chi connectivity index (χ2v) is 6.20. The number of carboxylic acids is 1. The van der Waals surface area contributed by atoms with Crippen LogP contribution in [0.25, 0.3) is 0 Å². The van der Waals surface area contributed by atoms with Crippen LogP contribution in [0.15, 0.2) is 18.2 Å². The van der Waals surface area contributed by atoms with E-state index >= 15 is 0 Å². The summed E-state index contributed by atoms with van der Waals surface area (Å²) in [5.41, 5.74) is 0.689. The zero-order valence-electron chi connectivity index (χ0n) is 12.7. The molecule has 2 rings (SSSR count). The van der Waals surface area contributed by atoms with E-state index in [4.69, 9.17) is 16.7 Å². The molecule has 1 fully saturated rings. The number of hydrogen-bond donors (Lipinski definition) is 2. The van der Waals surface area contributed by atoms with Crippen molar-refractivity contribution in [1.29, 1.82) is 0 Å². The summed E-state index contributed by atoms with van der Waals surface area (Å²) < 4.78 is 13.1. The largest absolute Gasteiger partial charge is 0.481 e. The van der Waals surface area contributed by atoms with E-state index in [0.717, 1.165) is 12.8 Å². The Morgan fingerprint density at radius 3 is 2.74 bits per heavy atom. The average molecular weight is 343 g/mol. The third-order valence-electron chi connectivity index (χ3n) is 3.68. The highest BCUT2D eigenvalue weighted by molar-refractivity contribution is 6.31. The van der Waals surface area contributed by atoms with Crippen LogP contribution < -0.4 is 5.32 Å². The number of aliphatic carboxylic acids is 1. The minimum absolute atomic E-state index is 0.0205. The number of nitrogens with zero attached hydrogens (tertiary/aromatic N) is 1. The maximum Gasteiger partial charge on any atom is 0.317 e. The Kier molecular flexibility index (Phi) is 6.21. The fraction of sp³-hybridized carbons (Fsp3) is 0.500. The summed E-state index contributed by atoms with van der Waals surface area (Å²) in [6.45, 7) is 1.24. The Morgan fingerprint density at radius 1 is 1.39 bits per heavy atom. The first-order valence-electron chi connectivity index (χ1n) is 7.64. The molecule has 0 atom stereocenters. The Bertz CT molecular complexity index is 578. The van der Waals surface area contributed by atoms with Crippen LogP contribution in [0.4, 0.5) is 9.18 Å². The lowest BCUT2D eigenvalue weighted by atomic mass is 10.2. The number of hydrogen-bond acceptors (Lipinski definition) is 2. The molecule has 1 aromatic carbocycles. The van der Waals surface area contributed by atoms with Gasteiger partial charge in [-0.05, 0) is 42.9 Å². The van der Waals surface area contributed by atoms with E-state index in [9.17, 15) is 14.0 Å². The monoisotopic (exact) mass is 342 g/mol. The molecule has 0 spiro atoms. The van der Waals surface area contributed by atoms with Gasteiger partial charge in [0, 0.05) is 31.1 Å². The summed E-state index contributed by atoms with van der Waals surface area (Å²) in [7, 11) is 0. The van der Waals surface area contributed by atoms with Gasteiger partial charge in [-0.15, -0.1) is 0 Å². The Hall–Kier alpha value is -1.82. The first-order chi connectivity index (χ1) is 11.0. The molecule has 0 saturated heterocycles. The van der Waals surface area contributed by atoms with Crippen LogP contribution in [-0.2, 0) is 11.3 Å². The number of benzene rings is 1. The Balaban J connectivity index is 1.92. The van der Waals surface area contributed by atoms with Crippen molar-refractivity contribution in [3.63, 3.8) is 0 Å². The van der Waals surface area contributed by atoms with E-state index in [1.165, 1.54) is 12.1 Å². The molecule has 0 heterocycles. The van der Waals surface area contributed by atoms with E-state index in [-0.39, 0.29) is 12.5 Å². The quantitative estimate of drug-likeness (QED) is 0.712. The molecule has 2 N–H and O–H groups in total. The lowest BCUT2D eigenvalue weighted by Gasteiger charge is -2.23. The van der Waals surface area contributed by atoms with Crippen molar-refractivity contribution in [2.24, 2.45) is 5.92 Å². The van der Waals surface area contributed by atoms with E-state index in [1.807, 2.05) is 0 Å². The summed E-state index contributed by atoms with van der Waals surface area (Å²) in [6, 6.07) is 3.88. The number of halogens is 2. The highest BCUT2D eigenvalue weighted by Crippen LogP contribution is 2.30. The number of rotatable bonds is 8. The highest BCUT2D eigenvalue weighted by atomic mass is 35.5. The van der Waals surface area contributed by atoms with Gasteiger partial charge in [-0.3, -0.25) is 4.79 Å². The predicted octanol–water partition coefficient (Wildman–Crippen LogP) is 3.27. The van der Waals surface area contributed by atoms with Crippen LogP contribution in [-0.4, -0.2) is 35.1 Å². The van der Waals surface area contributed by atoms with Crippen molar-refractivity contribution >= 4 is 23.6 Å². The molecule has 126 valence electrons. The standard InChI is InChI=1S/C16H20ClFN2O3/c17-14-8-13(18)6-5-12(14)10-20(9-11-3-4-11)16(23)19-7-1-2-15(21)22/h5-6,8,11H,1-4,7,9-10H2,(H,19,23)(H,21,22). The number of carbonyl (C=O) groups excluding carboxylic acids is 1. The summed E-state index contributed by atoms with van der Waals surface area (Å²) in [5, 5.41) is 11.6. The molecule has 23 heavy (non-hydrogen) atoms. The van der Waals surface area contributed by atoms with Gasteiger partial charge in [-0.2, -0.15) is 0 Å². The van der Waals surface area contributed by atoms with Crippen molar-refractivity contribution in [1.82, 2.24) is 10.2 Å². The topological polar surface area (TPSA) is 69.6 Å². The third-order valence-corrected chi connectivity index (χ3v) is 4.03. The number of carbonyl (C=O) groups is 2. The van der Waals surface area contributed by atoms with Gasteiger partial charge in [0.1, 0.15) is 5.82 Å². The van der Waals surface area contributed by atoms with Gasteiger partial charge in [0.15, 0.2) is 0 Å². The number of carboxylic acid groups (broad SMARTS) is 1. The average Bonchev–Trinajstić information content (AvgIpc) is 3.29. The van der Waals surface area contributed by atoms with Gasteiger partial charge in [0.05, 0.1) is 0 Å². The minimum Gasteiger partial charge on any atom is -0.481 e. The van der Waals surface area contributed by atoms with Crippen LogP contribution in [0.5, 0.6) is 0 Å². The molecule has 0 unspecified atom stereocenters. The first kappa shape index (κ1) is 17.5. The summed E-state index contributed by atoms with van der Waals surface area (Å²) in [5.74, 6) is -0.795. The molecule has 2 amide bonds. The van der Waals surface area contributed by atoms with Crippen LogP contribution in [0.3, 0.4) is 0 Å². The summed E-state index contributed by atoms with van der Waals surface area (Å²) >= 11 is 6.03. The molecule has 0 radical (unpaired) electrons. The van der Waals surface area contributed by atoms with Gasteiger partial charge in [-0.25, -0.2) is 9.18 Å². The molecule has 7 heteroatoms. The van der Waals surface area contributed by atoms with Crippen molar-refractivity contribution < 1.29 is 19.1 Å². The van der Waals surface area contributed by atoms with Crippen molar-refractivity contribution in [3.8, 4) is 0 Å². The smallest absolute Gasteiger partial charge is 0.317 e. The molecule has 1 saturated carbocycles. The van der Waals surface area contributed by atoms with E-state index < -0.39 is 11.8 Å². The molecule has 5 nitrogen and oxygen atoms in total. The van der Waals surface area contributed by atoms with Crippen molar-refractivity contribution in [3.05, 3.63) is 34.6 Å². The van der Waals surface area contributed by atoms with E-state index in [2.05, 4.69) is 5.32 Å². The second kappa shape index (κ2) is 8.15. The van der Waals surface area contributed by atoms with Crippen molar-refractivity contribution in [2.75, 3.05) is 13.1 Å². The SMILES string of the molecule is O=C(O)CCCNC(=O)N(Cc1ccc(F)cc1Cl)CC1CC1. The summed E-state index contributed by atoms with van der Waals surface area (Å²) in [6.07, 6.45) is 2.60. The van der Waals surface area contributed by atoms with Crippen LogP contribution >= 0.6 is 11.6 Å². The van der Waals surface area contributed by atoms with Gasteiger partial charge < -0.3 is 15.3 Å². The zero-order chi connectivity index (χ0) is 16.8. The van der Waals surface area contributed by atoms with Crippen LogP contribution in [0.1, 0.15) is 31.2 Å². The number of amides is 2. The molecule has 0 bridgehead atoms. The molecule has 1 aliphatic carbocycles. The first-order valence-corrected chi connectivity index (χ1v) is 8.02. The zero-order valence-corrected chi connectivity index (χ0v) is 13.5. The molecule has 0 aliphatic heterocycles. The molecular weight excluding hydrogens is 323 g/mol. The fourth-order valence-corrected chi connectivity index (χ4v) is 2.46. The van der Waals surface area contributed by atoms with Crippen LogP contribution in [0, 0.1) is 11.7 Å². The number of nitrogens with one attached hydrogen (secondary N) is 1. The predicted molar refractivity (Wildman–Crippen MR) is 84.8 cm³/mol. The third kappa shape index (κ3) is 6.06. The fourth-order valence-electron chi connectivity index (χ4n) is 2.23. The Labute approximate surface area is 139 Å². The molecular formula is C16H20ClFN2O3. The maximum atomic E-state index is 13.1. The van der Waals surface area contributed by atoms with E-state index in [0.29, 0.717) is 42.6 Å². The van der Waals surface area contributed by atoms with Gasteiger partial charge in [0.2, 0.25) is 0 Å². The number of urea groups is 1. The van der Waals surface area contributed by atoms with E-state index in [1.54, 1.807) is 11.0 Å².